The molecular weight excluding hydrogens is 785 g/mol. The van der Waals surface area contributed by atoms with E-state index in [9.17, 15) is 10.2 Å². The van der Waals surface area contributed by atoms with Gasteiger partial charge in [0.1, 0.15) is 23.0 Å². The molecule has 5 aromatic carbocycles. The van der Waals surface area contributed by atoms with E-state index >= 15 is 0 Å². The van der Waals surface area contributed by atoms with Crippen molar-refractivity contribution in [2.75, 3.05) is 13.2 Å². The van der Waals surface area contributed by atoms with Crippen LogP contribution in [0.1, 0.15) is 136 Å². The van der Waals surface area contributed by atoms with Crippen LogP contribution >= 0.6 is 0 Å². The Kier molecular flexibility index (Phi) is 12.9. The van der Waals surface area contributed by atoms with Crippen molar-refractivity contribution in [3.8, 4) is 56.4 Å². The summed E-state index contributed by atoms with van der Waals surface area (Å²) in [5.41, 5.74) is 19.3. The molecule has 9 rings (SSSR count). The largest absolute Gasteiger partial charge is 0.507 e. The molecule has 0 saturated heterocycles. The molecule has 332 valence electrons. The Morgan fingerprint density at radius 2 is 1.03 bits per heavy atom. The van der Waals surface area contributed by atoms with Crippen molar-refractivity contribution in [3.05, 3.63) is 147 Å². The predicted molar refractivity (Wildman–Crippen MR) is 266 cm³/mol. The standard InChI is InChI=1S/C60H68O4/c1-39-32-50(58(61)52(34-39)56-41(3)20-8-6-7-9-21-42-22-10-13-25-45(42)56)48-28-16-18-30-54(48)63-37-60(4,5)38-64-55-31-19-17-29-49(55)51-33-40(2)35-53(59(51)62)57-46-26-14-11-23-43(46)36-44-24-12-15-27-47(44)57/h16-19,21,28-36,61-62H,3,6-15,20,22-27,37-38H2,1-2,4-5H3/b42-21-,56-45?. The monoisotopic (exact) mass is 853 g/mol. The van der Waals surface area contributed by atoms with Crippen LogP contribution < -0.4 is 9.47 Å². The molecule has 0 radical (unpaired) electrons. The molecule has 0 heterocycles. The molecular formula is C60H68O4. The average molecular weight is 853 g/mol. The lowest BCUT2D eigenvalue weighted by Crippen LogP contribution is -2.29. The molecule has 0 amide bonds. The lowest BCUT2D eigenvalue weighted by molar-refractivity contribution is 0.111. The fraction of sp³-hybridized carbons (Fsp3) is 0.400. The van der Waals surface area contributed by atoms with Gasteiger partial charge in [0.15, 0.2) is 0 Å². The van der Waals surface area contributed by atoms with E-state index in [0.29, 0.717) is 24.7 Å². The van der Waals surface area contributed by atoms with Gasteiger partial charge in [-0.2, -0.15) is 0 Å². The summed E-state index contributed by atoms with van der Waals surface area (Å²) in [5, 5.41) is 24.7. The van der Waals surface area contributed by atoms with Crippen LogP contribution in [0.2, 0.25) is 0 Å². The van der Waals surface area contributed by atoms with Crippen molar-refractivity contribution in [2.24, 2.45) is 5.41 Å². The summed E-state index contributed by atoms with van der Waals surface area (Å²) in [7, 11) is 0. The number of aromatic hydroxyl groups is 2. The topological polar surface area (TPSA) is 58.9 Å². The molecule has 4 nitrogen and oxygen atoms in total. The number of ether oxygens (including phenoxy) is 2. The molecule has 1 fully saturated rings. The zero-order chi connectivity index (χ0) is 44.4. The molecule has 4 aliphatic carbocycles. The Hall–Kier alpha value is -5.48. The highest BCUT2D eigenvalue weighted by Crippen LogP contribution is 2.49. The molecule has 2 N–H and O–H groups in total. The summed E-state index contributed by atoms with van der Waals surface area (Å²) in [4.78, 5) is 0. The van der Waals surface area contributed by atoms with Crippen LogP contribution in [0.3, 0.4) is 0 Å². The van der Waals surface area contributed by atoms with E-state index in [2.05, 4.69) is 82.8 Å². The zero-order valence-corrected chi connectivity index (χ0v) is 38.9. The molecule has 4 aliphatic rings. The Labute approximate surface area is 382 Å². The third-order valence-electron chi connectivity index (χ3n) is 14.4. The molecule has 0 aromatic heterocycles. The molecule has 0 atom stereocenters. The summed E-state index contributed by atoms with van der Waals surface area (Å²) in [5.74, 6) is 2.10. The van der Waals surface area contributed by atoms with Crippen LogP contribution in [0.5, 0.6) is 23.0 Å². The van der Waals surface area contributed by atoms with Crippen LogP contribution in [0.25, 0.3) is 39.0 Å². The van der Waals surface area contributed by atoms with Crippen molar-refractivity contribution in [2.45, 2.75) is 137 Å². The molecule has 0 bridgehead atoms. The minimum Gasteiger partial charge on any atom is -0.507 e. The summed E-state index contributed by atoms with van der Waals surface area (Å²) in [6.07, 6.45) is 21.8. The number of hydrogen-bond acceptors (Lipinski definition) is 4. The van der Waals surface area contributed by atoms with Crippen LogP contribution in [0.4, 0.5) is 0 Å². The maximum Gasteiger partial charge on any atom is 0.131 e. The maximum atomic E-state index is 12.3. The number of fused-ring (bicyclic) bond motifs is 3. The normalized spacial score (nSPS) is 17.8. The van der Waals surface area contributed by atoms with E-state index in [0.717, 1.165) is 131 Å². The molecule has 0 unspecified atom stereocenters. The van der Waals surface area contributed by atoms with Crippen molar-refractivity contribution in [3.63, 3.8) is 0 Å². The minimum atomic E-state index is -0.383. The van der Waals surface area contributed by atoms with E-state index in [4.69, 9.17) is 9.47 Å². The van der Waals surface area contributed by atoms with Crippen LogP contribution in [-0.4, -0.2) is 23.4 Å². The summed E-state index contributed by atoms with van der Waals surface area (Å²) in [6.45, 7) is 14.1. The number of phenols is 2. The lowest BCUT2D eigenvalue weighted by atomic mass is 9.76. The van der Waals surface area contributed by atoms with Crippen molar-refractivity contribution < 1.29 is 19.7 Å². The highest BCUT2D eigenvalue weighted by Gasteiger charge is 2.29. The minimum absolute atomic E-state index is 0.293. The number of aryl methyl sites for hydroxylation is 4. The fourth-order valence-electron chi connectivity index (χ4n) is 11.1. The number of phenolic OH excluding ortho intramolecular Hbond substituents is 2. The Balaban J connectivity index is 0.983. The number of allylic oxidation sites excluding steroid dienone is 5. The van der Waals surface area contributed by atoms with Gasteiger partial charge in [-0.3, -0.25) is 0 Å². The quantitative estimate of drug-likeness (QED) is 0.147. The molecule has 0 aliphatic heterocycles. The van der Waals surface area contributed by atoms with Gasteiger partial charge in [-0.05, 0) is 214 Å². The number of rotatable bonds is 10. The van der Waals surface area contributed by atoms with Gasteiger partial charge in [-0.25, -0.2) is 0 Å². The van der Waals surface area contributed by atoms with Crippen molar-refractivity contribution >= 4 is 5.57 Å². The first-order valence-corrected chi connectivity index (χ1v) is 24.5. The van der Waals surface area contributed by atoms with Crippen molar-refractivity contribution in [1.29, 1.82) is 0 Å². The fourth-order valence-corrected chi connectivity index (χ4v) is 11.1. The number of benzene rings is 5. The van der Waals surface area contributed by atoms with Gasteiger partial charge in [-0.1, -0.05) is 75.4 Å². The van der Waals surface area contributed by atoms with E-state index in [-0.39, 0.29) is 5.41 Å². The van der Waals surface area contributed by atoms with Gasteiger partial charge in [-0.15, -0.1) is 0 Å². The van der Waals surface area contributed by atoms with Gasteiger partial charge < -0.3 is 19.7 Å². The third-order valence-corrected chi connectivity index (χ3v) is 14.4. The van der Waals surface area contributed by atoms with Gasteiger partial charge >= 0.3 is 0 Å². The van der Waals surface area contributed by atoms with E-state index in [1.54, 1.807) is 0 Å². The highest BCUT2D eigenvalue weighted by atomic mass is 16.5. The SMILES string of the molecule is C=C1CCCCC/C=C2/CCCCC2=C1c1cc(C)cc(-c2ccccc2OCC(C)(C)COc2ccccc2-c2cc(C)cc(-c3c4c(cc5c3CCCC5)CCCC4)c2O)c1O. The predicted octanol–water partition coefficient (Wildman–Crippen LogP) is 15.7. The maximum absolute atomic E-state index is 12.3. The van der Waals surface area contributed by atoms with Gasteiger partial charge in [0.2, 0.25) is 0 Å². The summed E-state index contributed by atoms with van der Waals surface area (Å²) in [6, 6.07) is 27.3. The van der Waals surface area contributed by atoms with Crippen LogP contribution in [0.15, 0.2) is 108 Å². The smallest absolute Gasteiger partial charge is 0.131 e. The molecule has 1 saturated carbocycles. The Bertz CT molecular complexity index is 2600. The Morgan fingerprint density at radius 1 is 0.531 bits per heavy atom. The molecule has 64 heavy (non-hydrogen) atoms. The second kappa shape index (κ2) is 18.9. The number of hydrogen-bond donors (Lipinski definition) is 2. The van der Waals surface area contributed by atoms with Crippen molar-refractivity contribution in [1.82, 2.24) is 0 Å². The Morgan fingerprint density at radius 3 is 1.66 bits per heavy atom. The molecule has 4 heteroatoms. The molecule has 5 aromatic rings. The first-order chi connectivity index (χ1) is 31.1. The van der Waals surface area contributed by atoms with E-state index < -0.39 is 0 Å². The third kappa shape index (κ3) is 9.08. The van der Waals surface area contributed by atoms with Gasteiger partial charge in [0.05, 0.1) is 13.2 Å². The van der Waals surface area contributed by atoms with E-state index in [1.807, 2.05) is 36.4 Å². The number of para-hydroxylation sites is 2. The van der Waals surface area contributed by atoms with Crippen LogP contribution in [-0.2, 0) is 25.7 Å². The second-order valence-electron chi connectivity index (χ2n) is 20.1. The van der Waals surface area contributed by atoms with Gasteiger partial charge in [0, 0.05) is 38.8 Å². The first kappa shape index (κ1) is 43.8. The second-order valence-corrected chi connectivity index (χ2v) is 20.1. The lowest BCUT2D eigenvalue weighted by Gasteiger charge is -2.29. The molecule has 0 spiro atoms. The van der Waals surface area contributed by atoms with Crippen LogP contribution in [0, 0.1) is 19.3 Å². The summed E-state index contributed by atoms with van der Waals surface area (Å²) < 4.78 is 13.5. The van der Waals surface area contributed by atoms with Gasteiger partial charge in [0.25, 0.3) is 0 Å². The first-order valence-electron chi connectivity index (χ1n) is 24.5. The summed E-state index contributed by atoms with van der Waals surface area (Å²) >= 11 is 0. The van der Waals surface area contributed by atoms with E-state index in [1.165, 1.54) is 83.9 Å². The highest BCUT2D eigenvalue weighted by molar-refractivity contribution is 5.91. The average Bonchev–Trinajstić information content (AvgIpc) is 3.30. The zero-order valence-electron chi connectivity index (χ0n) is 38.9.